The molecule has 0 bridgehead atoms. The van der Waals surface area contributed by atoms with E-state index in [0.29, 0.717) is 36.9 Å². The second-order valence-corrected chi connectivity index (χ2v) is 7.34. The van der Waals surface area contributed by atoms with Crippen molar-refractivity contribution in [2.75, 3.05) is 19.6 Å². The Labute approximate surface area is 176 Å². The molecular weight excluding hydrogens is 380 g/mol. The van der Waals surface area contributed by atoms with Crippen molar-refractivity contribution >= 4 is 23.9 Å². The van der Waals surface area contributed by atoms with Crippen molar-refractivity contribution in [1.82, 2.24) is 10.2 Å². The molecule has 156 valence electrons. The van der Waals surface area contributed by atoms with Crippen LogP contribution in [0.3, 0.4) is 0 Å². The minimum atomic E-state index is -0.424. The lowest BCUT2D eigenvalue weighted by Gasteiger charge is -2.31. The maximum Gasteiger partial charge on any atom is 0.308 e. The van der Waals surface area contributed by atoms with Crippen LogP contribution in [0.15, 0.2) is 60.7 Å². The molecule has 6 heteroatoms. The fourth-order valence-electron chi connectivity index (χ4n) is 3.40. The first-order valence-corrected chi connectivity index (χ1v) is 10.1. The number of carbonyl (C=O) groups excluding carboxylic acids is 3. The van der Waals surface area contributed by atoms with Crippen LogP contribution in [0.2, 0.25) is 0 Å². The molecule has 0 unspecified atom stereocenters. The zero-order valence-corrected chi connectivity index (χ0v) is 17.0. The first-order chi connectivity index (χ1) is 14.5. The molecule has 1 fully saturated rings. The van der Waals surface area contributed by atoms with E-state index >= 15 is 0 Å². The van der Waals surface area contributed by atoms with E-state index in [-0.39, 0.29) is 11.8 Å². The Morgan fingerprint density at radius 1 is 1.07 bits per heavy atom. The van der Waals surface area contributed by atoms with Crippen LogP contribution in [0.1, 0.15) is 35.7 Å². The normalized spacial score (nSPS) is 14.5. The monoisotopic (exact) mass is 406 g/mol. The van der Waals surface area contributed by atoms with E-state index in [1.807, 2.05) is 41.3 Å². The molecule has 6 nitrogen and oxygen atoms in total. The van der Waals surface area contributed by atoms with Crippen molar-refractivity contribution in [2.24, 2.45) is 5.92 Å². The van der Waals surface area contributed by atoms with Gasteiger partial charge in [0.05, 0.1) is 0 Å². The molecule has 0 atom stereocenters. The number of ether oxygens (including phenoxy) is 1. The quantitative estimate of drug-likeness (QED) is 0.454. The molecule has 2 aromatic rings. The van der Waals surface area contributed by atoms with Crippen LogP contribution in [0.25, 0.3) is 6.08 Å². The number of likely N-dealkylation sites (tertiary alicyclic amines) is 1. The molecule has 0 spiro atoms. The second-order valence-electron chi connectivity index (χ2n) is 7.34. The molecule has 1 aliphatic rings. The Kier molecular flexibility index (Phi) is 7.38. The summed E-state index contributed by atoms with van der Waals surface area (Å²) >= 11 is 0. The highest BCUT2D eigenvalue weighted by Gasteiger charge is 2.22. The summed E-state index contributed by atoms with van der Waals surface area (Å²) in [6.07, 6.45) is 5.14. The first-order valence-electron chi connectivity index (χ1n) is 10.1. The van der Waals surface area contributed by atoms with Gasteiger partial charge < -0.3 is 15.0 Å². The SMILES string of the molecule is CC(=O)Oc1cccc(C(=O)NCC2CCN(C(=O)/C=C/c3ccccc3)CC2)c1. The number of amides is 2. The average Bonchev–Trinajstić information content (AvgIpc) is 2.76. The third-order valence-electron chi connectivity index (χ3n) is 5.05. The first kappa shape index (κ1) is 21.3. The second kappa shape index (κ2) is 10.4. The number of rotatable bonds is 6. The molecule has 30 heavy (non-hydrogen) atoms. The highest BCUT2D eigenvalue weighted by Crippen LogP contribution is 2.18. The molecule has 2 aromatic carbocycles. The van der Waals surface area contributed by atoms with Crippen molar-refractivity contribution in [2.45, 2.75) is 19.8 Å². The van der Waals surface area contributed by atoms with Crippen molar-refractivity contribution in [1.29, 1.82) is 0 Å². The molecule has 0 aromatic heterocycles. The standard InChI is InChI=1S/C24H26N2O4/c1-18(27)30-22-9-5-8-21(16-22)24(29)25-17-20-12-14-26(15-13-20)23(28)11-10-19-6-3-2-4-7-19/h2-11,16,20H,12-15,17H2,1H3,(H,25,29)/b11-10+. The van der Waals surface area contributed by atoms with E-state index in [4.69, 9.17) is 4.74 Å². The zero-order chi connectivity index (χ0) is 21.3. The van der Waals surface area contributed by atoms with Crippen LogP contribution in [-0.4, -0.2) is 42.3 Å². The molecule has 1 aliphatic heterocycles. The summed E-state index contributed by atoms with van der Waals surface area (Å²) < 4.78 is 5.02. The summed E-state index contributed by atoms with van der Waals surface area (Å²) in [6, 6.07) is 16.3. The predicted molar refractivity (Wildman–Crippen MR) is 115 cm³/mol. The van der Waals surface area contributed by atoms with Crippen molar-refractivity contribution < 1.29 is 19.1 Å². The third-order valence-corrected chi connectivity index (χ3v) is 5.05. The van der Waals surface area contributed by atoms with Gasteiger partial charge in [0.2, 0.25) is 5.91 Å². The predicted octanol–water partition coefficient (Wildman–Crippen LogP) is 3.29. The van der Waals surface area contributed by atoms with Gasteiger partial charge in [-0.1, -0.05) is 36.4 Å². The van der Waals surface area contributed by atoms with Crippen LogP contribution in [0.5, 0.6) is 5.75 Å². The number of benzene rings is 2. The van der Waals surface area contributed by atoms with Gasteiger partial charge in [0, 0.05) is 38.2 Å². The highest BCUT2D eigenvalue weighted by atomic mass is 16.5. The topological polar surface area (TPSA) is 75.7 Å². The van der Waals surface area contributed by atoms with E-state index in [1.54, 1.807) is 30.3 Å². The summed E-state index contributed by atoms with van der Waals surface area (Å²) in [5.41, 5.74) is 1.45. The highest BCUT2D eigenvalue weighted by molar-refractivity contribution is 5.94. The molecule has 1 saturated heterocycles. The van der Waals surface area contributed by atoms with Gasteiger partial charge in [0.25, 0.3) is 5.91 Å². The van der Waals surface area contributed by atoms with E-state index in [1.165, 1.54) is 6.92 Å². The number of carbonyl (C=O) groups is 3. The maximum absolute atomic E-state index is 12.4. The summed E-state index contributed by atoms with van der Waals surface area (Å²) in [4.78, 5) is 37.7. The van der Waals surface area contributed by atoms with E-state index < -0.39 is 5.97 Å². The Bertz CT molecular complexity index is 916. The largest absolute Gasteiger partial charge is 0.427 e. The van der Waals surface area contributed by atoms with Gasteiger partial charge in [0.15, 0.2) is 0 Å². The van der Waals surface area contributed by atoms with Crippen LogP contribution in [0, 0.1) is 5.92 Å². The molecule has 2 amide bonds. The van der Waals surface area contributed by atoms with E-state index in [2.05, 4.69) is 5.32 Å². The Morgan fingerprint density at radius 2 is 1.80 bits per heavy atom. The molecule has 0 saturated carbocycles. The molecule has 3 rings (SSSR count). The average molecular weight is 406 g/mol. The Hall–Kier alpha value is -3.41. The lowest BCUT2D eigenvalue weighted by molar-refractivity contribution is -0.132. The number of piperidine rings is 1. The minimum absolute atomic E-state index is 0.0172. The summed E-state index contributed by atoms with van der Waals surface area (Å²) in [6.45, 7) is 3.24. The van der Waals surface area contributed by atoms with Gasteiger partial charge in [-0.15, -0.1) is 0 Å². The van der Waals surface area contributed by atoms with E-state index in [9.17, 15) is 14.4 Å². The van der Waals surface area contributed by atoms with Crippen LogP contribution in [0.4, 0.5) is 0 Å². The zero-order valence-electron chi connectivity index (χ0n) is 17.0. The Balaban J connectivity index is 1.43. The lowest BCUT2D eigenvalue weighted by Crippen LogP contribution is -2.41. The fraction of sp³-hybridized carbons (Fsp3) is 0.292. The number of esters is 1. The fourth-order valence-corrected chi connectivity index (χ4v) is 3.40. The van der Waals surface area contributed by atoms with Crippen LogP contribution in [-0.2, 0) is 9.59 Å². The Morgan fingerprint density at radius 3 is 2.50 bits per heavy atom. The van der Waals surface area contributed by atoms with Gasteiger partial charge in [-0.2, -0.15) is 0 Å². The van der Waals surface area contributed by atoms with Crippen molar-refractivity contribution in [3.05, 3.63) is 71.8 Å². The summed E-state index contributed by atoms with van der Waals surface area (Å²) in [5.74, 6) is 0.0719. The minimum Gasteiger partial charge on any atom is -0.427 e. The molecule has 1 N–H and O–H groups in total. The number of hydrogen-bond acceptors (Lipinski definition) is 4. The van der Waals surface area contributed by atoms with Gasteiger partial charge in [-0.05, 0) is 48.6 Å². The molecule has 0 aliphatic carbocycles. The van der Waals surface area contributed by atoms with Gasteiger partial charge in [-0.3, -0.25) is 14.4 Å². The number of nitrogens with zero attached hydrogens (tertiary/aromatic N) is 1. The molecule has 1 heterocycles. The summed E-state index contributed by atoms with van der Waals surface area (Å²) in [7, 11) is 0. The van der Waals surface area contributed by atoms with Crippen LogP contribution >= 0.6 is 0 Å². The lowest BCUT2D eigenvalue weighted by atomic mass is 9.96. The van der Waals surface area contributed by atoms with Gasteiger partial charge >= 0.3 is 5.97 Å². The summed E-state index contributed by atoms with van der Waals surface area (Å²) in [5, 5.41) is 2.94. The van der Waals surface area contributed by atoms with Crippen molar-refractivity contribution in [3.8, 4) is 5.75 Å². The smallest absolute Gasteiger partial charge is 0.308 e. The molecule has 0 radical (unpaired) electrons. The van der Waals surface area contributed by atoms with Gasteiger partial charge in [0.1, 0.15) is 5.75 Å². The van der Waals surface area contributed by atoms with Crippen molar-refractivity contribution in [3.63, 3.8) is 0 Å². The number of nitrogens with one attached hydrogen (secondary N) is 1. The van der Waals surface area contributed by atoms with Crippen LogP contribution < -0.4 is 10.1 Å². The third kappa shape index (κ3) is 6.30. The number of hydrogen-bond donors (Lipinski definition) is 1. The maximum atomic E-state index is 12.4. The molecular formula is C24H26N2O4. The van der Waals surface area contributed by atoms with E-state index in [0.717, 1.165) is 18.4 Å². The van der Waals surface area contributed by atoms with Gasteiger partial charge in [-0.25, -0.2) is 0 Å².